The Balaban J connectivity index is 1.96. The van der Waals surface area contributed by atoms with Crippen LogP contribution in [0, 0.1) is 11.8 Å². The topological polar surface area (TPSA) is 29.5 Å². The van der Waals surface area contributed by atoms with E-state index in [1.807, 2.05) is 35.7 Å². The van der Waals surface area contributed by atoms with Crippen LogP contribution in [0.5, 0.6) is 0 Å². The van der Waals surface area contributed by atoms with E-state index in [-0.39, 0.29) is 6.61 Å². The van der Waals surface area contributed by atoms with Gasteiger partial charge in [0.25, 0.3) is 0 Å². The third-order valence-electron chi connectivity index (χ3n) is 2.40. The van der Waals surface area contributed by atoms with Gasteiger partial charge in [-0.05, 0) is 23.1 Å². The number of aliphatic hydroxyl groups is 1. The summed E-state index contributed by atoms with van der Waals surface area (Å²) in [6.45, 7) is 1.04. The molecule has 0 bridgehead atoms. The molecule has 1 heterocycles. The lowest BCUT2D eigenvalue weighted by molar-refractivity contribution is 0.109. The fourth-order valence-electron chi connectivity index (χ4n) is 1.56. The van der Waals surface area contributed by atoms with Crippen molar-refractivity contribution in [1.29, 1.82) is 0 Å². The number of ether oxygens (including phenoxy) is 1. The highest BCUT2D eigenvalue weighted by Gasteiger charge is 2.00. The van der Waals surface area contributed by atoms with Gasteiger partial charge in [-0.15, -0.1) is 11.3 Å². The van der Waals surface area contributed by atoms with Crippen molar-refractivity contribution >= 4 is 11.3 Å². The van der Waals surface area contributed by atoms with Crippen LogP contribution >= 0.6 is 11.3 Å². The van der Waals surface area contributed by atoms with Gasteiger partial charge in [-0.2, -0.15) is 0 Å². The summed E-state index contributed by atoms with van der Waals surface area (Å²) < 4.78 is 5.66. The summed E-state index contributed by atoms with van der Waals surface area (Å²) in [5.74, 6) is 5.59. The van der Waals surface area contributed by atoms with Crippen molar-refractivity contribution in [2.75, 3.05) is 6.61 Å². The molecule has 0 aliphatic heterocycles. The second-order valence-corrected chi connectivity index (χ2v) is 4.72. The first-order valence-electron chi connectivity index (χ1n) is 5.68. The molecule has 2 rings (SSSR count). The van der Waals surface area contributed by atoms with Crippen molar-refractivity contribution in [2.45, 2.75) is 13.2 Å². The Morgan fingerprint density at radius 2 is 2.00 bits per heavy atom. The molecule has 1 N–H and O–H groups in total. The van der Waals surface area contributed by atoms with Crippen molar-refractivity contribution in [1.82, 2.24) is 0 Å². The van der Waals surface area contributed by atoms with Crippen molar-refractivity contribution < 1.29 is 9.84 Å². The van der Waals surface area contributed by atoms with Gasteiger partial charge in [-0.25, -0.2) is 0 Å². The molecule has 3 heteroatoms. The van der Waals surface area contributed by atoms with E-state index in [1.165, 1.54) is 4.88 Å². The first-order chi connectivity index (χ1) is 8.90. The Labute approximate surface area is 111 Å². The molecule has 0 atom stereocenters. The number of hydrogen-bond donors (Lipinski definition) is 1. The van der Waals surface area contributed by atoms with Crippen LogP contribution < -0.4 is 0 Å². The molecule has 0 aliphatic rings. The average molecular weight is 258 g/mol. The smallest absolute Gasteiger partial charge is 0.104 e. The number of aliphatic hydroxyl groups excluding tert-OH is 1. The molecule has 2 nitrogen and oxygen atoms in total. The third kappa shape index (κ3) is 3.71. The first kappa shape index (κ1) is 12.8. The number of rotatable bonds is 4. The van der Waals surface area contributed by atoms with Crippen molar-refractivity contribution in [3.05, 3.63) is 57.8 Å². The Bertz CT molecular complexity index is 535. The zero-order chi connectivity index (χ0) is 12.6. The lowest BCUT2D eigenvalue weighted by atomic mass is 10.1. The molecule has 0 aliphatic carbocycles. The summed E-state index contributed by atoms with van der Waals surface area (Å²) in [5.41, 5.74) is 1.97. The molecule has 0 fully saturated rings. The monoisotopic (exact) mass is 258 g/mol. The SMILES string of the molecule is OCC#Cc1ccccc1COCc1cccs1. The van der Waals surface area contributed by atoms with Gasteiger partial charge in [-0.1, -0.05) is 36.1 Å². The lowest BCUT2D eigenvalue weighted by Gasteiger charge is -2.05. The fourth-order valence-corrected chi connectivity index (χ4v) is 2.20. The maximum absolute atomic E-state index is 8.72. The second-order valence-electron chi connectivity index (χ2n) is 3.69. The van der Waals surface area contributed by atoms with Crippen LogP contribution in [0.2, 0.25) is 0 Å². The van der Waals surface area contributed by atoms with Crippen LogP contribution in [-0.2, 0) is 18.0 Å². The van der Waals surface area contributed by atoms with E-state index in [0.717, 1.165) is 11.1 Å². The van der Waals surface area contributed by atoms with Gasteiger partial charge in [0.05, 0.1) is 13.2 Å². The van der Waals surface area contributed by atoms with Crippen LogP contribution in [0.1, 0.15) is 16.0 Å². The molecule has 1 aromatic heterocycles. The summed E-state index contributed by atoms with van der Waals surface area (Å²) in [5, 5.41) is 10.8. The summed E-state index contributed by atoms with van der Waals surface area (Å²) in [6.07, 6.45) is 0. The van der Waals surface area contributed by atoms with E-state index in [0.29, 0.717) is 13.2 Å². The minimum atomic E-state index is -0.121. The summed E-state index contributed by atoms with van der Waals surface area (Å²) in [4.78, 5) is 1.22. The van der Waals surface area contributed by atoms with Crippen molar-refractivity contribution in [3.8, 4) is 11.8 Å². The molecule has 0 radical (unpaired) electrons. The van der Waals surface area contributed by atoms with Crippen LogP contribution in [-0.4, -0.2) is 11.7 Å². The second kappa shape index (κ2) is 6.97. The van der Waals surface area contributed by atoms with E-state index >= 15 is 0 Å². The lowest BCUT2D eigenvalue weighted by Crippen LogP contribution is -1.95. The number of benzene rings is 1. The predicted molar refractivity (Wildman–Crippen MR) is 73.2 cm³/mol. The summed E-state index contributed by atoms with van der Waals surface area (Å²) >= 11 is 1.69. The molecule has 2 aromatic rings. The van der Waals surface area contributed by atoms with Gasteiger partial charge in [-0.3, -0.25) is 0 Å². The van der Waals surface area contributed by atoms with Gasteiger partial charge in [0, 0.05) is 10.4 Å². The van der Waals surface area contributed by atoms with Crippen LogP contribution in [0.25, 0.3) is 0 Å². The molecule has 1 aromatic carbocycles. The van der Waals surface area contributed by atoms with Crippen molar-refractivity contribution in [3.63, 3.8) is 0 Å². The Kier molecular flexibility index (Phi) is 4.98. The van der Waals surface area contributed by atoms with E-state index in [9.17, 15) is 0 Å². The van der Waals surface area contributed by atoms with Gasteiger partial charge < -0.3 is 9.84 Å². The highest BCUT2D eigenvalue weighted by atomic mass is 32.1. The summed E-state index contributed by atoms with van der Waals surface area (Å²) in [7, 11) is 0. The van der Waals surface area contributed by atoms with Gasteiger partial charge >= 0.3 is 0 Å². The summed E-state index contributed by atoms with van der Waals surface area (Å²) in [6, 6.07) is 11.9. The molecular weight excluding hydrogens is 244 g/mol. The molecular formula is C15H14O2S. The van der Waals surface area contributed by atoms with Gasteiger partial charge in [0.15, 0.2) is 0 Å². The standard InChI is InChI=1S/C15H14O2S/c16-9-3-7-13-5-1-2-6-14(13)11-17-12-15-8-4-10-18-15/h1-2,4-6,8,10,16H,9,11-12H2. The van der Waals surface area contributed by atoms with Gasteiger partial charge in [0.2, 0.25) is 0 Å². The number of thiophene rings is 1. The van der Waals surface area contributed by atoms with E-state index in [1.54, 1.807) is 11.3 Å². The third-order valence-corrected chi connectivity index (χ3v) is 3.25. The van der Waals surface area contributed by atoms with Gasteiger partial charge in [0.1, 0.15) is 6.61 Å². The minimum Gasteiger partial charge on any atom is -0.384 e. The normalized spacial score (nSPS) is 9.83. The highest BCUT2D eigenvalue weighted by Crippen LogP contribution is 2.13. The Hall–Kier alpha value is -1.60. The maximum atomic E-state index is 8.72. The van der Waals surface area contributed by atoms with Crippen LogP contribution in [0.15, 0.2) is 41.8 Å². The highest BCUT2D eigenvalue weighted by molar-refractivity contribution is 7.09. The van der Waals surface area contributed by atoms with Crippen molar-refractivity contribution in [2.24, 2.45) is 0 Å². The van der Waals surface area contributed by atoms with E-state index in [4.69, 9.17) is 9.84 Å². The van der Waals surface area contributed by atoms with E-state index < -0.39 is 0 Å². The molecule has 92 valence electrons. The average Bonchev–Trinajstić information content (AvgIpc) is 2.91. The molecule has 0 spiro atoms. The van der Waals surface area contributed by atoms with E-state index in [2.05, 4.69) is 17.9 Å². The minimum absolute atomic E-state index is 0.121. The molecule has 0 saturated carbocycles. The quantitative estimate of drug-likeness (QED) is 0.855. The fraction of sp³-hybridized carbons (Fsp3) is 0.200. The largest absolute Gasteiger partial charge is 0.384 e. The zero-order valence-corrected chi connectivity index (χ0v) is 10.7. The predicted octanol–water partition coefficient (Wildman–Crippen LogP) is 2.81. The molecule has 0 amide bonds. The number of hydrogen-bond acceptors (Lipinski definition) is 3. The molecule has 18 heavy (non-hydrogen) atoms. The van der Waals surface area contributed by atoms with Crippen LogP contribution in [0.4, 0.5) is 0 Å². The molecule has 0 saturated heterocycles. The molecule has 0 unspecified atom stereocenters. The maximum Gasteiger partial charge on any atom is 0.104 e. The van der Waals surface area contributed by atoms with Crippen LogP contribution in [0.3, 0.4) is 0 Å². The zero-order valence-electron chi connectivity index (χ0n) is 9.93. The Morgan fingerprint density at radius 3 is 2.78 bits per heavy atom. The first-order valence-corrected chi connectivity index (χ1v) is 6.56. The Morgan fingerprint density at radius 1 is 1.11 bits per heavy atom.